The fraction of sp³-hybridized carbons (Fsp3) is 0.333. The van der Waals surface area contributed by atoms with E-state index in [1.165, 1.54) is 12.5 Å². The van der Waals surface area contributed by atoms with E-state index in [9.17, 15) is 17.6 Å². The van der Waals surface area contributed by atoms with Crippen molar-refractivity contribution in [3.8, 4) is 0 Å². The van der Waals surface area contributed by atoms with Crippen molar-refractivity contribution in [2.45, 2.75) is 18.1 Å². The van der Waals surface area contributed by atoms with Gasteiger partial charge in [-0.3, -0.25) is 9.78 Å². The van der Waals surface area contributed by atoms with Crippen molar-refractivity contribution in [3.05, 3.63) is 42.2 Å². The zero-order valence-electron chi connectivity index (χ0n) is 16.1. The van der Waals surface area contributed by atoms with Gasteiger partial charge in [-0.05, 0) is 18.9 Å². The summed E-state index contributed by atoms with van der Waals surface area (Å²) in [6, 6.07) is 1.72. The fourth-order valence-corrected chi connectivity index (χ4v) is 4.64. The predicted octanol–water partition coefficient (Wildman–Crippen LogP) is 1.11. The molecule has 0 aliphatic carbocycles. The number of fused-ring (bicyclic) bond motifs is 1. The molecule has 3 aromatic rings. The summed E-state index contributed by atoms with van der Waals surface area (Å²) in [4.78, 5) is 22.8. The number of halogens is 1. The maximum atomic E-state index is 13.4. The monoisotopic (exact) mass is 433 g/mol. The van der Waals surface area contributed by atoms with Gasteiger partial charge in [-0.25, -0.2) is 22.3 Å². The van der Waals surface area contributed by atoms with Gasteiger partial charge < -0.3 is 16.0 Å². The number of nitrogens with two attached hydrogens (primary N) is 1. The summed E-state index contributed by atoms with van der Waals surface area (Å²) < 4.78 is 38.5. The summed E-state index contributed by atoms with van der Waals surface area (Å²) in [6.45, 7) is 0.976. The van der Waals surface area contributed by atoms with Crippen molar-refractivity contribution >= 4 is 38.6 Å². The molecule has 3 N–H and O–H groups in total. The molecule has 1 aliphatic heterocycles. The standard InChI is InChI=1S/C18H20FN7O3S/c1-30(28,29)12-3-2-6-25(10-12)14-4-5-21-8-13(14)23-18(27)15-16(20)24-26-9-11(19)7-22-17(15)26/h4-5,7-9,12H,2-3,6,10H2,1H3,(H2,20,24)(H,23,27). The highest BCUT2D eigenvalue weighted by molar-refractivity contribution is 7.91. The van der Waals surface area contributed by atoms with Crippen LogP contribution in [0.2, 0.25) is 0 Å². The molecule has 0 bridgehead atoms. The highest BCUT2D eigenvalue weighted by atomic mass is 32.2. The Kier molecular flexibility index (Phi) is 5.02. The minimum Gasteiger partial charge on any atom is -0.381 e. The molecule has 3 aromatic heterocycles. The van der Waals surface area contributed by atoms with Gasteiger partial charge >= 0.3 is 0 Å². The van der Waals surface area contributed by atoms with E-state index in [1.54, 1.807) is 12.3 Å². The second-order valence-electron chi connectivity index (χ2n) is 7.19. The Morgan fingerprint density at radius 2 is 2.17 bits per heavy atom. The molecule has 4 rings (SSSR count). The molecule has 0 saturated carbocycles. The van der Waals surface area contributed by atoms with E-state index in [2.05, 4.69) is 20.4 Å². The molecule has 1 saturated heterocycles. The summed E-state index contributed by atoms with van der Waals surface area (Å²) in [5.74, 6) is -1.28. The van der Waals surface area contributed by atoms with Crippen LogP contribution in [0.25, 0.3) is 5.65 Å². The number of hydrogen-bond donors (Lipinski definition) is 2. The maximum absolute atomic E-state index is 13.4. The van der Waals surface area contributed by atoms with Crippen LogP contribution >= 0.6 is 0 Å². The van der Waals surface area contributed by atoms with Crippen LogP contribution in [0.5, 0.6) is 0 Å². The summed E-state index contributed by atoms with van der Waals surface area (Å²) >= 11 is 0. The second-order valence-corrected chi connectivity index (χ2v) is 9.51. The number of carbonyl (C=O) groups excluding carboxylic acids is 1. The van der Waals surface area contributed by atoms with Gasteiger partial charge in [0.1, 0.15) is 5.56 Å². The first-order chi connectivity index (χ1) is 14.2. The highest BCUT2D eigenvalue weighted by Gasteiger charge is 2.29. The average molecular weight is 433 g/mol. The molecule has 158 valence electrons. The number of nitrogen functional groups attached to an aromatic ring is 1. The summed E-state index contributed by atoms with van der Waals surface area (Å²) in [7, 11) is -3.18. The molecule has 12 heteroatoms. The number of nitrogens with one attached hydrogen (secondary N) is 1. The van der Waals surface area contributed by atoms with Gasteiger partial charge in [0.05, 0.1) is 35.2 Å². The van der Waals surface area contributed by atoms with E-state index in [4.69, 9.17) is 5.73 Å². The van der Waals surface area contributed by atoms with E-state index >= 15 is 0 Å². The van der Waals surface area contributed by atoms with E-state index in [0.717, 1.165) is 16.9 Å². The number of hydrogen-bond acceptors (Lipinski definition) is 8. The first kappa shape index (κ1) is 20.0. The molecule has 0 aromatic carbocycles. The number of pyridine rings is 1. The van der Waals surface area contributed by atoms with Crippen molar-refractivity contribution < 1.29 is 17.6 Å². The lowest BCUT2D eigenvalue weighted by Crippen LogP contribution is -2.42. The van der Waals surface area contributed by atoms with Crippen LogP contribution in [0, 0.1) is 5.82 Å². The van der Waals surface area contributed by atoms with Gasteiger partial charge in [-0.1, -0.05) is 0 Å². The minimum atomic E-state index is -3.18. The van der Waals surface area contributed by atoms with Gasteiger partial charge in [0, 0.05) is 25.5 Å². The first-order valence-corrected chi connectivity index (χ1v) is 11.2. The summed E-state index contributed by atoms with van der Waals surface area (Å²) in [6.07, 6.45) is 7.65. The second kappa shape index (κ2) is 7.52. The molecule has 1 fully saturated rings. The van der Waals surface area contributed by atoms with Crippen molar-refractivity contribution in [2.24, 2.45) is 0 Å². The number of amides is 1. The van der Waals surface area contributed by atoms with Crippen molar-refractivity contribution in [3.63, 3.8) is 0 Å². The Morgan fingerprint density at radius 3 is 2.93 bits per heavy atom. The van der Waals surface area contributed by atoms with Crippen molar-refractivity contribution in [1.82, 2.24) is 19.6 Å². The number of nitrogens with zero attached hydrogens (tertiary/aromatic N) is 5. The molecule has 1 aliphatic rings. The van der Waals surface area contributed by atoms with E-state index in [0.29, 0.717) is 37.3 Å². The molecular weight excluding hydrogens is 413 g/mol. The van der Waals surface area contributed by atoms with E-state index in [1.807, 2.05) is 4.90 Å². The number of sulfone groups is 1. The van der Waals surface area contributed by atoms with Crippen molar-refractivity contribution in [1.29, 1.82) is 0 Å². The number of carbonyl (C=O) groups is 1. The molecule has 1 amide bonds. The summed E-state index contributed by atoms with van der Waals surface area (Å²) in [5.41, 5.74) is 7.04. The molecule has 30 heavy (non-hydrogen) atoms. The summed E-state index contributed by atoms with van der Waals surface area (Å²) in [5, 5.41) is 6.20. The van der Waals surface area contributed by atoms with Crippen molar-refractivity contribution in [2.75, 3.05) is 35.3 Å². The van der Waals surface area contributed by atoms with E-state index in [-0.39, 0.29) is 17.0 Å². The minimum absolute atomic E-state index is 0.0115. The Hall–Kier alpha value is -3.28. The van der Waals surface area contributed by atoms with Crippen LogP contribution in [0.1, 0.15) is 23.2 Å². The van der Waals surface area contributed by atoms with Gasteiger partial charge in [-0.2, -0.15) is 0 Å². The maximum Gasteiger partial charge on any atom is 0.263 e. The third-order valence-electron chi connectivity index (χ3n) is 5.07. The van der Waals surface area contributed by atoms with Crippen LogP contribution in [0.15, 0.2) is 30.9 Å². The first-order valence-electron chi connectivity index (χ1n) is 9.22. The molecule has 0 spiro atoms. The Labute approximate surface area is 171 Å². The Balaban J connectivity index is 1.64. The lowest BCUT2D eigenvalue weighted by Gasteiger charge is -2.34. The number of piperidine rings is 1. The number of rotatable bonds is 4. The fourth-order valence-electron chi connectivity index (χ4n) is 3.60. The normalized spacial score (nSPS) is 17.3. The van der Waals surface area contributed by atoms with Gasteiger partial charge in [0.25, 0.3) is 5.91 Å². The third-order valence-corrected chi connectivity index (χ3v) is 6.66. The predicted molar refractivity (Wildman–Crippen MR) is 110 cm³/mol. The SMILES string of the molecule is CS(=O)(=O)C1CCCN(c2ccncc2NC(=O)c2c(N)nn3cc(F)cnc23)C1. The molecular formula is C18H20FN7O3S. The Morgan fingerprint density at radius 1 is 1.37 bits per heavy atom. The van der Waals surface area contributed by atoms with Crippen LogP contribution in [-0.2, 0) is 9.84 Å². The molecule has 1 atom stereocenters. The van der Waals surface area contributed by atoms with Gasteiger partial charge in [0.2, 0.25) is 0 Å². The van der Waals surface area contributed by atoms with Gasteiger partial charge in [-0.15, -0.1) is 5.10 Å². The van der Waals surface area contributed by atoms with E-state index < -0.39 is 26.8 Å². The number of aromatic nitrogens is 4. The largest absolute Gasteiger partial charge is 0.381 e. The average Bonchev–Trinajstić information content (AvgIpc) is 3.02. The topological polar surface area (TPSA) is 136 Å². The van der Waals surface area contributed by atoms with Crippen LogP contribution in [-0.4, -0.2) is 58.5 Å². The quantitative estimate of drug-likeness (QED) is 0.625. The molecule has 0 radical (unpaired) electrons. The Bertz CT molecular complexity index is 1230. The zero-order valence-corrected chi connectivity index (χ0v) is 16.9. The van der Waals surface area contributed by atoms with Gasteiger partial charge in [0.15, 0.2) is 27.1 Å². The third kappa shape index (κ3) is 3.77. The lowest BCUT2D eigenvalue weighted by atomic mass is 10.1. The highest BCUT2D eigenvalue weighted by Crippen LogP contribution is 2.30. The lowest BCUT2D eigenvalue weighted by molar-refractivity contribution is 0.102. The number of anilines is 3. The van der Waals surface area contributed by atoms with Crippen LogP contribution < -0.4 is 16.0 Å². The molecule has 10 nitrogen and oxygen atoms in total. The molecule has 1 unspecified atom stereocenters. The molecule has 4 heterocycles. The van der Waals surface area contributed by atoms with Crippen LogP contribution in [0.3, 0.4) is 0 Å². The van der Waals surface area contributed by atoms with Crippen LogP contribution in [0.4, 0.5) is 21.6 Å². The zero-order chi connectivity index (χ0) is 21.5. The smallest absolute Gasteiger partial charge is 0.263 e.